The molecule has 0 aromatic heterocycles. The molecule has 0 unspecified atom stereocenters. The standard InChI is InChI=1S/C35H38N2O10/c1-17-13-18-24-25-19(14-17)35(45-4)34(42)27-21(40)16-23(44-3)29(31(25)27)28-22(43-2)15-20(36-5-9-46-11-7-38)26(30(24)28)33(41)32(18)37-6-10-47-12-8-39/h13,15-16,36-39,42H,5-12,14H2,1-4H3. The average Bonchev–Trinajstić information content (AvgIpc) is 3.21. The Morgan fingerprint density at radius 2 is 1.34 bits per heavy atom. The van der Waals surface area contributed by atoms with Crippen molar-refractivity contribution < 1.29 is 39.0 Å². The van der Waals surface area contributed by atoms with Gasteiger partial charge in [0.25, 0.3) is 0 Å². The van der Waals surface area contributed by atoms with Crippen LogP contribution in [-0.2, 0) is 15.9 Å². The molecule has 5 aromatic carbocycles. The molecule has 0 saturated heterocycles. The van der Waals surface area contributed by atoms with Gasteiger partial charge in [0.2, 0.25) is 5.43 Å². The number of hydrogen-bond donors (Lipinski definition) is 5. The first-order valence-corrected chi connectivity index (χ1v) is 15.4. The maximum absolute atomic E-state index is 14.7. The molecule has 5 N–H and O–H groups in total. The predicted octanol–water partition coefficient (Wildman–Crippen LogP) is 3.43. The molecule has 0 fully saturated rings. The fourth-order valence-corrected chi connectivity index (χ4v) is 6.91. The summed E-state index contributed by atoms with van der Waals surface area (Å²) >= 11 is 0. The summed E-state index contributed by atoms with van der Waals surface area (Å²) in [6.07, 6.45) is 2.33. The first-order valence-electron chi connectivity index (χ1n) is 15.4. The molecule has 0 saturated carbocycles. The first kappa shape index (κ1) is 32.3. The summed E-state index contributed by atoms with van der Waals surface area (Å²) in [5, 5.41) is 40.6. The smallest absolute Gasteiger partial charge is 0.212 e. The lowest BCUT2D eigenvalue weighted by molar-refractivity contribution is 0.0992. The number of nitrogens with one attached hydrogen (secondary N) is 2. The number of hydrogen-bond acceptors (Lipinski definition) is 12. The van der Waals surface area contributed by atoms with Gasteiger partial charge in [-0.15, -0.1) is 0 Å². The fourth-order valence-electron chi connectivity index (χ4n) is 6.91. The van der Waals surface area contributed by atoms with E-state index < -0.39 is 5.43 Å². The van der Waals surface area contributed by atoms with Gasteiger partial charge in [0, 0.05) is 69.0 Å². The van der Waals surface area contributed by atoms with E-state index in [1.54, 1.807) is 6.07 Å². The van der Waals surface area contributed by atoms with Crippen molar-refractivity contribution in [3.63, 3.8) is 0 Å². The molecule has 12 heteroatoms. The molecule has 5 aromatic rings. The van der Waals surface area contributed by atoms with Crippen LogP contribution >= 0.6 is 0 Å². The van der Waals surface area contributed by atoms with Crippen molar-refractivity contribution in [2.75, 3.05) is 84.7 Å². The van der Waals surface area contributed by atoms with E-state index >= 15 is 0 Å². The highest BCUT2D eigenvalue weighted by Gasteiger charge is 2.32. The fraction of sp³-hybridized carbons (Fsp3) is 0.371. The summed E-state index contributed by atoms with van der Waals surface area (Å²) in [7, 11) is 4.47. The van der Waals surface area contributed by atoms with Gasteiger partial charge in [-0.05, 0) is 18.7 Å². The SMILES string of the molecule is COc1c(O)c2c(=O)cc(OC)c3c4c(OC)cc(NCCOCCO)c5c(=O)c(NCCOCCO)c6c(c(c1CC(C)=C6)c23)c54. The van der Waals surface area contributed by atoms with Gasteiger partial charge in [-0.25, -0.2) is 0 Å². The Bertz CT molecular complexity index is 2130. The number of aromatic hydroxyl groups is 1. The van der Waals surface area contributed by atoms with Crippen molar-refractivity contribution in [2.24, 2.45) is 0 Å². The van der Waals surface area contributed by atoms with Crippen LogP contribution in [0.3, 0.4) is 0 Å². The van der Waals surface area contributed by atoms with Gasteiger partial charge in [0.05, 0.1) is 77.4 Å². The van der Waals surface area contributed by atoms with Crippen molar-refractivity contribution >= 4 is 60.5 Å². The van der Waals surface area contributed by atoms with Crippen LogP contribution in [0, 0.1) is 0 Å². The zero-order valence-electron chi connectivity index (χ0n) is 26.8. The second-order valence-corrected chi connectivity index (χ2v) is 11.4. The topological polar surface area (TPSA) is 165 Å². The van der Waals surface area contributed by atoms with Crippen molar-refractivity contribution in [2.45, 2.75) is 13.3 Å². The minimum Gasteiger partial charge on any atom is -0.504 e. The van der Waals surface area contributed by atoms with Crippen LogP contribution in [0.2, 0.25) is 0 Å². The summed E-state index contributed by atoms with van der Waals surface area (Å²) < 4.78 is 28.5. The molecule has 0 aliphatic heterocycles. The molecular weight excluding hydrogens is 608 g/mol. The van der Waals surface area contributed by atoms with E-state index in [1.165, 1.54) is 27.4 Å². The van der Waals surface area contributed by atoms with Gasteiger partial charge in [-0.3, -0.25) is 9.59 Å². The Kier molecular flexibility index (Phi) is 9.11. The van der Waals surface area contributed by atoms with Gasteiger partial charge in [0.15, 0.2) is 16.9 Å². The zero-order chi connectivity index (χ0) is 33.4. The summed E-state index contributed by atoms with van der Waals surface area (Å²) in [6, 6.07) is 3.08. The number of fused-ring (bicyclic) bond motifs is 1. The van der Waals surface area contributed by atoms with E-state index in [0.29, 0.717) is 78.9 Å². The van der Waals surface area contributed by atoms with Crippen LogP contribution in [0.15, 0.2) is 27.3 Å². The molecule has 47 heavy (non-hydrogen) atoms. The lowest BCUT2D eigenvalue weighted by atomic mass is 9.83. The largest absolute Gasteiger partial charge is 0.504 e. The zero-order valence-corrected chi connectivity index (χ0v) is 26.8. The minimum atomic E-state index is -0.436. The Labute approximate surface area is 269 Å². The highest BCUT2D eigenvalue weighted by atomic mass is 16.5. The maximum atomic E-state index is 14.7. The number of ether oxygens (including phenoxy) is 5. The third-order valence-electron chi connectivity index (χ3n) is 8.64. The molecule has 248 valence electrons. The molecule has 6 rings (SSSR count). The molecule has 0 spiro atoms. The Hall–Kier alpha value is -4.62. The molecule has 1 aliphatic carbocycles. The van der Waals surface area contributed by atoms with Crippen LogP contribution in [-0.4, -0.2) is 89.4 Å². The highest BCUT2D eigenvalue weighted by molar-refractivity contribution is 6.40. The van der Waals surface area contributed by atoms with Gasteiger partial charge in [0.1, 0.15) is 11.5 Å². The number of phenols is 1. The normalized spacial score (nSPS) is 12.8. The number of benzene rings is 5. The monoisotopic (exact) mass is 646 g/mol. The van der Waals surface area contributed by atoms with E-state index in [1.807, 2.05) is 13.0 Å². The Balaban J connectivity index is 1.85. The second-order valence-electron chi connectivity index (χ2n) is 11.4. The number of aliphatic hydroxyl groups is 2. The molecule has 0 bridgehead atoms. The number of phenolic OH excluding ortho intramolecular Hbond substituents is 1. The minimum absolute atomic E-state index is 0.0871. The molecular formula is C35H38N2O10. The van der Waals surface area contributed by atoms with Crippen molar-refractivity contribution in [3.05, 3.63) is 49.3 Å². The van der Waals surface area contributed by atoms with Crippen molar-refractivity contribution in [3.8, 4) is 23.0 Å². The summed E-state index contributed by atoms with van der Waals surface area (Å²) in [5.41, 5.74) is 2.36. The summed E-state index contributed by atoms with van der Waals surface area (Å²) in [5.74, 6) is 0.648. The maximum Gasteiger partial charge on any atom is 0.212 e. The lowest BCUT2D eigenvalue weighted by Gasteiger charge is -2.24. The van der Waals surface area contributed by atoms with E-state index in [9.17, 15) is 14.7 Å². The van der Waals surface area contributed by atoms with Crippen LogP contribution in [0.5, 0.6) is 23.0 Å². The van der Waals surface area contributed by atoms with E-state index in [2.05, 4.69) is 10.6 Å². The number of anilines is 2. The van der Waals surface area contributed by atoms with E-state index in [0.717, 1.165) is 5.57 Å². The second kappa shape index (κ2) is 13.2. The van der Waals surface area contributed by atoms with Crippen LogP contribution < -0.4 is 35.7 Å². The van der Waals surface area contributed by atoms with Gasteiger partial charge in [-0.2, -0.15) is 0 Å². The summed E-state index contributed by atoms with van der Waals surface area (Å²) in [4.78, 5) is 28.4. The number of aliphatic hydroxyl groups excluding tert-OH is 2. The van der Waals surface area contributed by atoms with Gasteiger partial charge in [-0.1, -0.05) is 11.6 Å². The summed E-state index contributed by atoms with van der Waals surface area (Å²) in [6.45, 7) is 3.23. The van der Waals surface area contributed by atoms with Gasteiger partial charge >= 0.3 is 0 Å². The van der Waals surface area contributed by atoms with Crippen molar-refractivity contribution in [1.29, 1.82) is 0 Å². The van der Waals surface area contributed by atoms with E-state index in [-0.39, 0.29) is 74.2 Å². The van der Waals surface area contributed by atoms with Gasteiger partial charge < -0.3 is 49.6 Å². The van der Waals surface area contributed by atoms with Crippen molar-refractivity contribution in [1.82, 2.24) is 0 Å². The molecule has 0 atom stereocenters. The average molecular weight is 647 g/mol. The van der Waals surface area contributed by atoms with Crippen LogP contribution in [0.1, 0.15) is 18.1 Å². The third-order valence-corrected chi connectivity index (χ3v) is 8.64. The number of rotatable bonds is 15. The predicted molar refractivity (Wildman–Crippen MR) is 183 cm³/mol. The molecule has 0 amide bonds. The Morgan fingerprint density at radius 1 is 0.723 bits per heavy atom. The molecule has 1 aliphatic rings. The first-order chi connectivity index (χ1) is 22.8. The van der Waals surface area contributed by atoms with Crippen LogP contribution in [0.4, 0.5) is 11.4 Å². The quantitative estimate of drug-likeness (QED) is 0.0640. The molecule has 0 heterocycles. The Morgan fingerprint density at radius 3 is 1.96 bits per heavy atom. The lowest BCUT2D eigenvalue weighted by Crippen LogP contribution is -2.20. The van der Waals surface area contributed by atoms with E-state index in [4.69, 9.17) is 33.9 Å². The number of allylic oxidation sites excluding steroid dienone is 1. The number of methoxy groups -OCH3 is 3. The van der Waals surface area contributed by atoms with Crippen LogP contribution in [0.25, 0.3) is 49.2 Å². The third kappa shape index (κ3) is 5.17. The highest BCUT2D eigenvalue weighted by Crippen LogP contribution is 2.55. The molecule has 12 nitrogen and oxygen atoms in total. The molecule has 0 radical (unpaired) electrons.